The van der Waals surface area contributed by atoms with Crippen LogP contribution in [0.2, 0.25) is 0 Å². The molecule has 16 heavy (non-hydrogen) atoms. The van der Waals surface area contributed by atoms with Gasteiger partial charge in [0.15, 0.2) is 0 Å². The molecule has 5 heteroatoms. The van der Waals surface area contributed by atoms with Gasteiger partial charge in [0, 0.05) is 13.2 Å². The van der Waals surface area contributed by atoms with E-state index in [-0.39, 0.29) is 0 Å². The Kier molecular flexibility index (Phi) is 6.01. The first-order valence-corrected chi connectivity index (χ1v) is 6.37. The van der Waals surface area contributed by atoms with Crippen LogP contribution in [-0.4, -0.2) is 29.6 Å². The molecule has 1 heterocycles. The maximum absolute atomic E-state index is 5.54. The number of ether oxygens (including phenoxy) is 2. The van der Waals surface area contributed by atoms with Gasteiger partial charge in [-0.25, -0.2) is 0 Å². The zero-order valence-corrected chi connectivity index (χ0v) is 11.7. The third kappa shape index (κ3) is 3.57. The molecule has 1 aromatic rings. The van der Waals surface area contributed by atoms with Crippen LogP contribution in [0.25, 0.3) is 0 Å². The van der Waals surface area contributed by atoms with Crippen molar-refractivity contribution in [2.24, 2.45) is 0 Å². The number of aryl methyl sites for hydroxylation is 2. The summed E-state index contributed by atoms with van der Waals surface area (Å²) < 4.78 is 13.8. The predicted molar refractivity (Wildman–Crippen MR) is 66.5 cm³/mol. The van der Waals surface area contributed by atoms with Gasteiger partial charge in [-0.15, -0.1) is 0 Å². The molecule has 0 aromatic carbocycles. The zero-order chi connectivity index (χ0) is 12.0. The molecule has 0 fully saturated rings. The quantitative estimate of drug-likeness (QED) is 0.724. The second kappa shape index (κ2) is 7.04. The Morgan fingerprint density at radius 2 is 1.94 bits per heavy atom. The predicted octanol–water partition coefficient (Wildman–Crippen LogP) is 2.53. The van der Waals surface area contributed by atoms with Gasteiger partial charge in [0.1, 0.15) is 0 Å². The molecule has 4 nitrogen and oxygen atoms in total. The van der Waals surface area contributed by atoms with E-state index in [0.717, 1.165) is 29.0 Å². The van der Waals surface area contributed by atoms with E-state index in [2.05, 4.69) is 28.0 Å². The topological polar surface area (TPSA) is 36.3 Å². The Labute approximate surface area is 105 Å². The van der Waals surface area contributed by atoms with Crippen molar-refractivity contribution in [3.05, 3.63) is 15.9 Å². The summed E-state index contributed by atoms with van der Waals surface area (Å²) in [4.78, 5) is 0. The maximum atomic E-state index is 5.54. The van der Waals surface area contributed by atoms with Gasteiger partial charge in [0.25, 0.3) is 0 Å². The Morgan fingerprint density at radius 1 is 1.25 bits per heavy atom. The van der Waals surface area contributed by atoms with Crippen LogP contribution in [0.15, 0.2) is 4.47 Å². The molecular formula is C11H19BrN2O2. The first kappa shape index (κ1) is 13.7. The van der Waals surface area contributed by atoms with Crippen LogP contribution in [-0.2, 0) is 22.6 Å². The number of hydrogen-bond donors (Lipinski definition) is 0. The summed E-state index contributed by atoms with van der Waals surface area (Å²) in [7, 11) is 0. The molecule has 0 saturated heterocycles. The fraction of sp³-hybridized carbons (Fsp3) is 0.727. The van der Waals surface area contributed by atoms with Crippen molar-refractivity contribution in [3.8, 4) is 0 Å². The van der Waals surface area contributed by atoms with Crippen LogP contribution in [0.1, 0.15) is 25.2 Å². The van der Waals surface area contributed by atoms with Gasteiger partial charge in [-0.05, 0) is 36.7 Å². The maximum Gasteiger partial charge on any atom is 0.0897 e. The van der Waals surface area contributed by atoms with Gasteiger partial charge >= 0.3 is 0 Å². The van der Waals surface area contributed by atoms with Crippen molar-refractivity contribution in [1.29, 1.82) is 0 Å². The highest BCUT2D eigenvalue weighted by atomic mass is 79.9. The van der Waals surface area contributed by atoms with Crippen molar-refractivity contribution < 1.29 is 9.47 Å². The average Bonchev–Trinajstić information content (AvgIpc) is 2.56. The molecule has 1 aromatic heterocycles. The van der Waals surface area contributed by atoms with Crippen molar-refractivity contribution in [1.82, 2.24) is 9.78 Å². The van der Waals surface area contributed by atoms with E-state index in [0.29, 0.717) is 19.8 Å². The highest BCUT2D eigenvalue weighted by Gasteiger charge is 2.11. The summed E-state index contributed by atoms with van der Waals surface area (Å²) in [6.07, 6.45) is 0. The van der Waals surface area contributed by atoms with Crippen molar-refractivity contribution in [2.45, 2.75) is 33.9 Å². The lowest BCUT2D eigenvalue weighted by molar-refractivity contribution is 0.0426. The molecule has 0 aliphatic rings. The average molecular weight is 291 g/mol. The van der Waals surface area contributed by atoms with Crippen LogP contribution in [0, 0.1) is 6.92 Å². The van der Waals surface area contributed by atoms with E-state index < -0.39 is 0 Å². The van der Waals surface area contributed by atoms with E-state index in [1.165, 1.54) is 0 Å². The molecule has 0 spiro atoms. The summed E-state index contributed by atoms with van der Waals surface area (Å²) in [5.74, 6) is 0. The fourth-order valence-corrected chi connectivity index (χ4v) is 1.84. The Morgan fingerprint density at radius 3 is 2.56 bits per heavy atom. The summed E-state index contributed by atoms with van der Waals surface area (Å²) >= 11 is 3.53. The zero-order valence-electron chi connectivity index (χ0n) is 10.1. The summed E-state index contributed by atoms with van der Waals surface area (Å²) in [6.45, 7) is 9.47. The fourth-order valence-electron chi connectivity index (χ4n) is 1.44. The van der Waals surface area contributed by atoms with Gasteiger partial charge in [-0.1, -0.05) is 0 Å². The van der Waals surface area contributed by atoms with Crippen molar-refractivity contribution >= 4 is 15.9 Å². The standard InChI is InChI=1S/C11H19BrN2O2/c1-4-14-10(11(12)9(3)13-14)8-16-7-6-15-5-2/h4-8H2,1-3H3. The second-order valence-electron chi connectivity index (χ2n) is 3.41. The summed E-state index contributed by atoms with van der Waals surface area (Å²) in [6, 6.07) is 0. The van der Waals surface area contributed by atoms with Gasteiger partial charge in [0.2, 0.25) is 0 Å². The SMILES string of the molecule is CCOCCOCc1c(Br)c(C)nn1CC. The van der Waals surface area contributed by atoms with Gasteiger partial charge in [-0.2, -0.15) is 5.10 Å². The van der Waals surface area contributed by atoms with E-state index in [1.54, 1.807) is 0 Å². The summed E-state index contributed by atoms with van der Waals surface area (Å²) in [5.41, 5.74) is 2.10. The number of nitrogens with zero attached hydrogens (tertiary/aromatic N) is 2. The molecule has 0 aliphatic heterocycles. The van der Waals surface area contributed by atoms with Crippen molar-refractivity contribution in [2.75, 3.05) is 19.8 Å². The van der Waals surface area contributed by atoms with Crippen LogP contribution in [0.5, 0.6) is 0 Å². The number of rotatable bonds is 7. The molecule has 0 atom stereocenters. The molecule has 0 amide bonds. The number of hydrogen-bond acceptors (Lipinski definition) is 3. The smallest absolute Gasteiger partial charge is 0.0897 e. The third-order valence-corrected chi connectivity index (χ3v) is 3.30. The van der Waals surface area contributed by atoms with Crippen LogP contribution in [0.4, 0.5) is 0 Å². The highest BCUT2D eigenvalue weighted by molar-refractivity contribution is 9.10. The minimum absolute atomic E-state index is 0.572. The Hall–Kier alpha value is -0.390. The van der Waals surface area contributed by atoms with E-state index in [4.69, 9.17) is 9.47 Å². The lowest BCUT2D eigenvalue weighted by atomic mass is 10.4. The molecule has 0 unspecified atom stereocenters. The molecule has 0 saturated carbocycles. The van der Waals surface area contributed by atoms with E-state index in [9.17, 15) is 0 Å². The van der Waals surface area contributed by atoms with Gasteiger partial charge < -0.3 is 9.47 Å². The van der Waals surface area contributed by atoms with Gasteiger partial charge in [0.05, 0.1) is 35.7 Å². The van der Waals surface area contributed by atoms with E-state index >= 15 is 0 Å². The molecule has 92 valence electrons. The van der Waals surface area contributed by atoms with Crippen LogP contribution in [0.3, 0.4) is 0 Å². The summed E-state index contributed by atoms with van der Waals surface area (Å²) in [5, 5.41) is 4.40. The van der Waals surface area contributed by atoms with E-state index in [1.807, 2.05) is 18.5 Å². The van der Waals surface area contributed by atoms with Crippen molar-refractivity contribution in [3.63, 3.8) is 0 Å². The molecule has 0 bridgehead atoms. The molecule has 1 rings (SSSR count). The normalized spacial score (nSPS) is 11.0. The monoisotopic (exact) mass is 290 g/mol. The molecule has 0 N–H and O–H groups in total. The van der Waals surface area contributed by atoms with Crippen LogP contribution < -0.4 is 0 Å². The Balaban J connectivity index is 2.46. The first-order valence-electron chi connectivity index (χ1n) is 5.57. The number of aromatic nitrogens is 2. The molecule has 0 aliphatic carbocycles. The highest BCUT2D eigenvalue weighted by Crippen LogP contribution is 2.21. The lowest BCUT2D eigenvalue weighted by Gasteiger charge is -2.07. The minimum Gasteiger partial charge on any atom is -0.379 e. The lowest BCUT2D eigenvalue weighted by Crippen LogP contribution is -2.08. The minimum atomic E-state index is 0.572. The molecule has 0 radical (unpaired) electrons. The van der Waals surface area contributed by atoms with Crippen LogP contribution >= 0.6 is 15.9 Å². The van der Waals surface area contributed by atoms with Gasteiger partial charge in [-0.3, -0.25) is 4.68 Å². The second-order valence-corrected chi connectivity index (χ2v) is 4.20. The number of halogens is 1. The third-order valence-electron chi connectivity index (χ3n) is 2.27. The largest absolute Gasteiger partial charge is 0.379 e. The Bertz CT molecular complexity index is 326. The molecular weight excluding hydrogens is 272 g/mol. The first-order chi connectivity index (χ1) is 7.70.